The summed E-state index contributed by atoms with van der Waals surface area (Å²) in [5.74, 6) is -0.0495. The maximum atomic E-state index is 11.9. The Morgan fingerprint density at radius 1 is 1.16 bits per heavy atom. The van der Waals surface area contributed by atoms with Crippen LogP contribution >= 0.6 is 0 Å². The number of nitrogens with two attached hydrogens (primary N) is 1. The van der Waals surface area contributed by atoms with Crippen LogP contribution in [0.1, 0.15) is 16.8 Å². The van der Waals surface area contributed by atoms with Crippen molar-refractivity contribution in [3.05, 3.63) is 59.4 Å². The van der Waals surface area contributed by atoms with Crippen molar-refractivity contribution < 1.29 is 4.79 Å². The van der Waals surface area contributed by atoms with Gasteiger partial charge in [0, 0.05) is 12.7 Å². The van der Waals surface area contributed by atoms with Crippen molar-refractivity contribution in [2.45, 2.75) is 19.5 Å². The minimum Gasteiger partial charge on any atom is -0.350 e. The Balaban J connectivity index is 1.91. The molecule has 0 bridgehead atoms. The molecule has 1 aromatic heterocycles. The SMILES string of the molecule is NCc1ccccc1CC(=O)NCc1cccnn1. The number of nitrogens with one attached hydrogen (secondary N) is 1. The van der Waals surface area contributed by atoms with Crippen molar-refractivity contribution in [3.8, 4) is 0 Å². The van der Waals surface area contributed by atoms with Crippen molar-refractivity contribution >= 4 is 5.91 Å². The molecule has 0 unspecified atom stereocenters. The van der Waals surface area contributed by atoms with E-state index in [0.29, 0.717) is 19.5 Å². The fourth-order valence-corrected chi connectivity index (χ4v) is 1.78. The number of carbonyl (C=O) groups excluding carboxylic acids is 1. The van der Waals surface area contributed by atoms with Crippen LogP contribution in [-0.2, 0) is 24.3 Å². The normalized spacial score (nSPS) is 10.2. The molecule has 0 radical (unpaired) electrons. The first-order valence-electron chi connectivity index (χ1n) is 6.09. The van der Waals surface area contributed by atoms with E-state index in [0.717, 1.165) is 16.8 Å². The van der Waals surface area contributed by atoms with E-state index in [1.807, 2.05) is 30.3 Å². The van der Waals surface area contributed by atoms with E-state index < -0.39 is 0 Å². The van der Waals surface area contributed by atoms with Crippen LogP contribution < -0.4 is 11.1 Å². The minimum absolute atomic E-state index is 0.0495. The molecule has 19 heavy (non-hydrogen) atoms. The first-order valence-corrected chi connectivity index (χ1v) is 6.09. The highest BCUT2D eigenvalue weighted by molar-refractivity contribution is 5.78. The maximum Gasteiger partial charge on any atom is 0.224 e. The van der Waals surface area contributed by atoms with Gasteiger partial charge in [0.2, 0.25) is 5.91 Å². The summed E-state index contributed by atoms with van der Waals surface area (Å²) in [7, 11) is 0. The van der Waals surface area contributed by atoms with Gasteiger partial charge < -0.3 is 11.1 Å². The van der Waals surface area contributed by atoms with Gasteiger partial charge in [0.1, 0.15) is 0 Å². The zero-order valence-electron chi connectivity index (χ0n) is 10.5. The monoisotopic (exact) mass is 256 g/mol. The minimum atomic E-state index is -0.0495. The Bertz CT molecular complexity index is 542. The first kappa shape index (κ1) is 13.2. The van der Waals surface area contributed by atoms with E-state index in [-0.39, 0.29) is 5.91 Å². The van der Waals surface area contributed by atoms with Gasteiger partial charge >= 0.3 is 0 Å². The van der Waals surface area contributed by atoms with Gasteiger partial charge in [0.25, 0.3) is 0 Å². The lowest BCUT2D eigenvalue weighted by molar-refractivity contribution is -0.120. The van der Waals surface area contributed by atoms with Gasteiger partial charge in [0.15, 0.2) is 0 Å². The third-order valence-corrected chi connectivity index (χ3v) is 2.78. The summed E-state index contributed by atoms with van der Waals surface area (Å²) in [6.45, 7) is 0.824. The van der Waals surface area contributed by atoms with Crippen molar-refractivity contribution in [1.29, 1.82) is 0 Å². The Morgan fingerprint density at radius 3 is 2.63 bits per heavy atom. The highest BCUT2D eigenvalue weighted by Gasteiger charge is 2.06. The Labute approximate surface area is 111 Å². The summed E-state index contributed by atoms with van der Waals surface area (Å²) in [5, 5.41) is 10.5. The average molecular weight is 256 g/mol. The summed E-state index contributed by atoms with van der Waals surface area (Å²) in [4.78, 5) is 11.9. The predicted octanol–water partition coefficient (Wildman–Crippen LogP) is 0.794. The van der Waals surface area contributed by atoms with E-state index >= 15 is 0 Å². The van der Waals surface area contributed by atoms with E-state index in [2.05, 4.69) is 15.5 Å². The van der Waals surface area contributed by atoms with Gasteiger partial charge in [-0.3, -0.25) is 4.79 Å². The summed E-state index contributed by atoms with van der Waals surface area (Å²) in [5.41, 5.74) is 8.34. The van der Waals surface area contributed by atoms with Crippen molar-refractivity contribution in [2.75, 3.05) is 0 Å². The van der Waals surface area contributed by atoms with Gasteiger partial charge in [-0.15, -0.1) is 0 Å². The highest BCUT2D eigenvalue weighted by atomic mass is 16.1. The average Bonchev–Trinajstić information content (AvgIpc) is 2.47. The van der Waals surface area contributed by atoms with Crippen LogP contribution in [0.5, 0.6) is 0 Å². The lowest BCUT2D eigenvalue weighted by Crippen LogP contribution is -2.25. The predicted molar refractivity (Wildman–Crippen MR) is 71.9 cm³/mol. The number of hydrogen-bond donors (Lipinski definition) is 2. The lowest BCUT2D eigenvalue weighted by Gasteiger charge is -2.08. The molecule has 0 saturated heterocycles. The Morgan fingerprint density at radius 2 is 1.95 bits per heavy atom. The standard InChI is InChI=1S/C14H16N4O/c15-9-12-5-2-1-4-11(12)8-14(19)16-10-13-6-3-7-17-18-13/h1-7H,8-10,15H2,(H,16,19). The number of aromatic nitrogens is 2. The first-order chi connectivity index (χ1) is 9.29. The van der Waals surface area contributed by atoms with E-state index in [1.54, 1.807) is 12.3 Å². The molecule has 0 aliphatic heterocycles. The molecular formula is C14H16N4O. The quantitative estimate of drug-likeness (QED) is 0.829. The number of carbonyl (C=O) groups is 1. The summed E-state index contributed by atoms with van der Waals surface area (Å²) >= 11 is 0. The van der Waals surface area contributed by atoms with E-state index in [1.165, 1.54) is 0 Å². The van der Waals surface area contributed by atoms with E-state index in [4.69, 9.17) is 5.73 Å². The molecule has 1 aromatic carbocycles. The number of amides is 1. The molecule has 0 atom stereocenters. The Kier molecular flexibility index (Phi) is 4.58. The molecular weight excluding hydrogens is 240 g/mol. The molecule has 0 aliphatic carbocycles. The maximum absolute atomic E-state index is 11.9. The van der Waals surface area contributed by atoms with E-state index in [9.17, 15) is 4.79 Å². The van der Waals surface area contributed by atoms with Gasteiger partial charge in [-0.1, -0.05) is 24.3 Å². The smallest absolute Gasteiger partial charge is 0.224 e. The summed E-state index contributed by atoms with van der Waals surface area (Å²) < 4.78 is 0. The van der Waals surface area contributed by atoms with Crippen LogP contribution in [0.25, 0.3) is 0 Å². The molecule has 0 spiro atoms. The molecule has 0 saturated carbocycles. The molecule has 0 aliphatic rings. The molecule has 1 heterocycles. The molecule has 98 valence electrons. The van der Waals surface area contributed by atoms with Crippen LogP contribution in [0.15, 0.2) is 42.6 Å². The lowest BCUT2D eigenvalue weighted by atomic mass is 10.0. The zero-order chi connectivity index (χ0) is 13.5. The highest BCUT2D eigenvalue weighted by Crippen LogP contribution is 2.08. The van der Waals surface area contributed by atoms with Crippen LogP contribution in [0.4, 0.5) is 0 Å². The molecule has 2 aromatic rings. The van der Waals surface area contributed by atoms with Crippen molar-refractivity contribution in [2.24, 2.45) is 5.73 Å². The molecule has 0 fully saturated rings. The summed E-state index contributed by atoms with van der Waals surface area (Å²) in [6, 6.07) is 11.3. The van der Waals surface area contributed by atoms with Crippen LogP contribution in [0, 0.1) is 0 Å². The largest absolute Gasteiger partial charge is 0.350 e. The molecule has 3 N–H and O–H groups in total. The third kappa shape index (κ3) is 3.86. The number of rotatable bonds is 5. The molecule has 1 amide bonds. The van der Waals surface area contributed by atoms with Crippen molar-refractivity contribution in [1.82, 2.24) is 15.5 Å². The topological polar surface area (TPSA) is 80.9 Å². The molecule has 2 rings (SSSR count). The number of benzene rings is 1. The van der Waals surface area contributed by atoms with Gasteiger partial charge in [-0.05, 0) is 23.3 Å². The third-order valence-electron chi connectivity index (χ3n) is 2.78. The fraction of sp³-hybridized carbons (Fsp3) is 0.214. The fourth-order valence-electron chi connectivity index (χ4n) is 1.78. The van der Waals surface area contributed by atoms with Gasteiger partial charge in [0.05, 0.1) is 18.7 Å². The Hall–Kier alpha value is -2.27. The van der Waals surface area contributed by atoms with Crippen molar-refractivity contribution in [3.63, 3.8) is 0 Å². The van der Waals surface area contributed by atoms with Gasteiger partial charge in [-0.2, -0.15) is 10.2 Å². The number of hydrogen-bond acceptors (Lipinski definition) is 4. The number of nitrogens with zero attached hydrogens (tertiary/aromatic N) is 2. The van der Waals surface area contributed by atoms with Crippen LogP contribution in [0.2, 0.25) is 0 Å². The zero-order valence-corrected chi connectivity index (χ0v) is 10.5. The second-order valence-corrected chi connectivity index (χ2v) is 4.14. The van der Waals surface area contributed by atoms with Crippen LogP contribution in [-0.4, -0.2) is 16.1 Å². The second kappa shape index (κ2) is 6.61. The second-order valence-electron chi connectivity index (χ2n) is 4.14. The molecule has 5 nitrogen and oxygen atoms in total. The summed E-state index contributed by atoms with van der Waals surface area (Å²) in [6.07, 6.45) is 1.93. The van der Waals surface area contributed by atoms with Crippen LogP contribution in [0.3, 0.4) is 0 Å². The van der Waals surface area contributed by atoms with Gasteiger partial charge in [-0.25, -0.2) is 0 Å². The molecule has 5 heteroatoms.